The van der Waals surface area contributed by atoms with E-state index in [4.69, 9.17) is 4.74 Å². The van der Waals surface area contributed by atoms with Crippen LogP contribution in [0.15, 0.2) is 48.5 Å². The number of benzene rings is 2. The molecule has 2 N–H and O–H groups in total. The Hall–Kier alpha value is -2.62. The van der Waals surface area contributed by atoms with Crippen molar-refractivity contribution < 1.29 is 18.7 Å². The van der Waals surface area contributed by atoms with Gasteiger partial charge in [-0.2, -0.15) is 0 Å². The molecule has 2 aliphatic rings. The van der Waals surface area contributed by atoms with Crippen LogP contribution in [0, 0.1) is 11.7 Å². The predicted molar refractivity (Wildman–Crippen MR) is 117 cm³/mol. The fourth-order valence-corrected chi connectivity index (χ4v) is 5.22. The molecule has 4 unspecified atom stereocenters. The normalized spacial score (nSPS) is 26.1. The Morgan fingerprint density at radius 2 is 1.71 bits per heavy atom. The number of rotatable bonds is 5. The molecule has 9 heteroatoms. The number of urea groups is 1. The zero-order valence-electron chi connectivity index (χ0n) is 17.5. The van der Waals surface area contributed by atoms with E-state index in [0.29, 0.717) is 5.75 Å². The van der Waals surface area contributed by atoms with Crippen LogP contribution >= 0.6 is 11.8 Å². The van der Waals surface area contributed by atoms with Crippen LogP contribution in [0.5, 0.6) is 5.75 Å². The van der Waals surface area contributed by atoms with Crippen LogP contribution in [0.4, 0.5) is 9.18 Å². The molecule has 2 saturated heterocycles. The first-order valence-corrected chi connectivity index (χ1v) is 11.0. The Bertz CT molecular complexity index is 956. The van der Waals surface area contributed by atoms with E-state index in [9.17, 15) is 14.0 Å². The second kappa shape index (κ2) is 8.86. The molecule has 2 aromatic rings. The Kier molecular flexibility index (Phi) is 6.17. The molecule has 31 heavy (non-hydrogen) atoms. The molecule has 4 rings (SSSR count). The standard InChI is InChI=1S/C22H25FN4O3S/c1-26-19-17(21(28)27(2)22(26)29)20(31-12-13-4-8-15(23)9-5-13)25-18(24-19)14-6-10-16(30-3)11-7-14/h4-11,17-20,24-25H,12H2,1-3H3. The lowest BCUT2D eigenvalue weighted by Gasteiger charge is -2.50. The molecule has 2 fully saturated rings. The number of halogens is 1. The van der Waals surface area contributed by atoms with E-state index in [1.54, 1.807) is 43.0 Å². The molecule has 2 aliphatic heterocycles. The van der Waals surface area contributed by atoms with Crippen molar-refractivity contribution in [2.75, 3.05) is 21.2 Å². The lowest BCUT2D eigenvalue weighted by molar-refractivity contribution is -0.140. The number of nitrogens with one attached hydrogen (secondary N) is 2. The molecule has 0 aromatic heterocycles. The van der Waals surface area contributed by atoms with Crippen molar-refractivity contribution in [3.05, 3.63) is 65.5 Å². The number of hydrogen-bond donors (Lipinski definition) is 2. The molecular formula is C22H25FN4O3S. The average Bonchev–Trinajstić information content (AvgIpc) is 2.80. The van der Waals surface area contributed by atoms with Crippen molar-refractivity contribution in [3.8, 4) is 5.75 Å². The number of imide groups is 1. The molecule has 0 spiro atoms. The van der Waals surface area contributed by atoms with E-state index in [2.05, 4.69) is 10.6 Å². The molecule has 0 bridgehead atoms. The van der Waals surface area contributed by atoms with Crippen molar-refractivity contribution >= 4 is 23.7 Å². The Morgan fingerprint density at radius 1 is 1.03 bits per heavy atom. The highest BCUT2D eigenvalue weighted by atomic mass is 32.2. The van der Waals surface area contributed by atoms with Crippen LogP contribution in [-0.2, 0) is 10.5 Å². The second-order valence-corrected chi connectivity index (χ2v) is 8.79. The zero-order valence-corrected chi connectivity index (χ0v) is 18.4. The zero-order chi connectivity index (χ0) is 22.1. The summed E-state index contributed by atoms with van der Waals surface area (Å²) in [4.78, 5) is 28.3. The van der Waals surface area contributed by atoms with Crippen molar-refractivity contribution in [2.45, 2.75) is 23.5 Å². The summed E-state index contributed by atoms with van der Waals surface area (Å²) in [6, 6.07) is 13.7. The van der Waals surface area contributed by atoms with Gasteiger partial charge in [-0.05, 0) is 35.4 Å². The van der Waals surface area contributed by atoms with Crippen LogP contribution < -0.4 is 15.4 Å². The van der Waals surface area contributed by atoms with Gasteiger partial charge >= 0.3 is 6.03 Å². The topological polar surface area (TPSA) is 73.9 Å². The quantitative estimate of drug-likeness (QED) is 0.739. The maximum Gasteiger partial charge on any atom is 0.327 e. The maximum atomic E-state index is 13.2. The molecule has 7 nitrogen and oxygen atoms in total. The second-order valence-electron chi connectivity index (χ2n) is 7.66. The number of thioether (sulfide) groups is 1. The highest BCUT2D eigenvalue weighted by molar-refractivity contribution is 7.99. The van der Waals surface area contributed by atoms with E-state index in [1.807, 2.05) is 24.3 Å². The van der Waals surface area contributed by atoms with Crippen molar-refractivity contribution in [1.29, 1.82) is 0 Å². The van der Waals surface area contributed by atoms with Crippen LogP contribution in [0.2, 0.25) is 0 Å². The fourth-order valence-electron chi connectivity index (χ4n) is 3.95. The van der Waals surface area contributed by atoms with Gasteiger partial charge in [0.05, 0.1) is 30.7 Å². The van der Waals surface area contributed by atoms with Gasteiger partial charge < -0.3 is 9.64 Å². The summed E-state index contributed by atoms with van der Waals surface area (Å²) >= 11 is 1.57. The summed E-state index contributed by atoms with van der Waals surface area (Å²) < 4.78 is 18.5. The van der Waals surface area contributed by atoms with E-state index >= 15 is 0 Å². The van der Waals surface area contributed by atoms with Crippen LogP contribution in [0.3, 0.4) is 0 Å². The van der Waals surface area contributed by atoms with E-state index < -0.39 is 12.1 Å². The van der Waals surface area contributed by atoms with Gasteiger partial charge in [0, 0.05) is 19.8 Å². The Labute approximate surface area is 184 Å². The highest BCUT2D eigenvalue weighted by Gasteiger charge is 2.50. The molecule has 164 valence electrons. The first-order chi connectivity index (χ1) is 14.9. The van der Waals surface area contributed by atoms with Crippen LogP contribution in [0.25, 0.3) is 0 Å². The summed E-state index contributed by atoms with van der Waals surface area (Å²) in [6.07, 6.45) is -0.709. The third kappa shape index (κ3) is 4.26. The molecule has 0 saturated carbocycles. The number of carbonyl (C=O) groups excluding carboxylic acids is 2. The van der Waals surface area contributed by atoms with Gasteiger partial charge in [-0.1, -0.05) is 24.3 Å². The highest BCUT2D eigenvalue weighted by Crippen LogP contribution is 2.35. The molecule has 3 amide bonds. The minimum Gasteiger partial charge on any atom is -0.497 e. The van der Waals surface area contributed by atoms with E-state index in [1.165, 1.54) is 24.1 Å². The molecule has 2 heterocycles. The van der Waals surface area contributed by atoms with Crippen molar-refractivity contribution in [2.24, 2.45) is 5.92 Å². The summed E-state index contributed by atoms with van der Waals surface area (Å²) in [5, 5.41) is 6.69. The number of ether oxygens (including phenoxy) is 1. The first-order valence-electron chi connectivity index (χ1n) is 9.95. The van der Waals surface area contributed by atoms with Crippen LogP contribution in [0.1, 0.15) is 17.3 Å². The van der Waals surface area contributed by atoms with Gasteiger partial charge in [0.2, 0.25) is 5.91 Å². The first kappa shape index (κ1) is 21.6. The lowest BCUT2D eigenvalue weighted by atomic mass is 9.96. The van der Waals surface area contributed by atoms with E-state index in [-0.39, 0.29) is 29.3 Å². The van der Waals surface area contributed by atoms with Gasteiger partial charge in [0.1, 0.15) is 11.6 Å². The number of carbonyl (C=O) groups is 2. The third-order valence-corrected chi connectivity index (χ3v) is 7.04. The van der Waals surface area contributed by atoms with Gasteiger partial charge in [-0.25, -0.2) is 9.18 Å². The fraction of sp³-hybridized carbons (Fsp3) is 0.364. The summed E-state index contributed by atoms with van der Waals surface area (Å²) in [7, 11) is 4.83. The summed E-state index contributed by atoms with van der Waals surface area (Å²) in [5.41, 5.74) is 1.93. The molecule has 0 aliphatic carbocycles. The lowest BCUT2D eigenvalue weighted by Crippen LogP contribution is -2.72. The maximum absolute atomic E-state index is 13.2. The minimum atomic E-state index is -0.465. The number of amides is 3. The van der Waals surface area contributed by atoms with Crippen LogP contribution in [-0.4, -0.2) is 54.5 Å². The Morgan fingerprint density at radius 3 is 2.35 bits per heavy atom. The van der Waals surface area contributed by atoms with Crippen molar-refractivity contribution in [1.82, 2.24) is 20.4 Å². The molecular weight excluding hydrogens is 419 g/mol. The minimum absolute atomic E-state index is 0.224. The van der Waals surface area contributed by atoms with Gasteiger partial charge in [0.25, 0.3) is 0 Å². The summed E-state index contributed by atoms with van der Waals surface area (Å²) in [6.45, 7) is 0. The monoisotopic (exact) mass is 444 g/mol. The number of fused-ring (bicyclic) bond motifs is 1. The SMILES string of the molecule is COc1ccc(C2NC(SCc3ccc(F)cc3)C3C(=O)N(C)C(=O)N(C)C3N2)cc1. The van der Waals surface area contributed by atoms with Gasteiger partial charge in [-0.3, -0.25) is 20.3 Å². The smallest absolute Gasteiger partial charge is 0.327 e. The molecule has 4 atom stereocenters. The number of nitrogens with zero attached hydrogens (tertiary/aromatic N) is 2. The van der Waals surface area contributed by atoms with Gasteiger partial charge in [0.15, 0.2) is 0 Å². The van der Waals surface area contributed by atoms with Gasteiger partial charge in [-0.15, -0.1) is 11.8 Å². The molecule has 0 radical (unpaired) electrons. The number of hydrogen-bond acceptors (Lipinski definition) is 6. The van der Waals surface area contributed by atoms with E-state index in [0.717, 1.165) is 16.9 Å². The Balaban J connectivity index is 1.60. The largest absolute Gasteiger partial charge is 0.497 e. The summed E-state index contributed by atoms with van der Waals surface area (Å²) in [5.74, 6) is 0.384. The molecule has 2 aromatic carbocycles. The predicted octanol–water partition coefficient (Wildman–Crippen LogP) is 2.75. The van der Waals surface area contributed by atoms with Crippen molar-refractivity contribution in [3.63, 3.8) is 0 Å². The third-order valence-electron chi connectivity index (χ3n) is 5.75. The average molecular weight is 445 g/mol. The number of methoxy groups -OCH3 is 1.